The normalized spacial score (nSPS) is 18.1. The lowest BCUT2D eigenvalue weighted by Gasteiger charge is -2.24. The highest BCUT2D eigenvalue weighted by atomic mass is 16.5. The molecule has 0 radical (unpaired) electrons. The molecule has 0 aromatic heterocycles. The molecule has 1 atom stereocenters. The SMILES string of the molecule is COc1ccc(OCCN(CCO)CC2CCCN2)cc1. The summed E-state index contributed by atoms with van der Waals surface area (Å²) in [6.07, 6.45) is 2.47. The van der Waals surface area contributed by atoms with Crippen LogP contribution in [0.3, 0.4) is 0 Å². The highest BCUT2D eigenvalue weighted by Gasteiger charge is 2.17. The average molecular weight is 294 g/mol. The fourth-order valence-corrected chi connectivity index (χ4v) is 2.62. The molecule has 1 aromatic carbocycles. The van der Waals surface area contributed by atoms with Gasteiger partial charge in [-0.2, -0.15) is 0 Å². The Balaban J connectivity index is 1.72. The van der Waals surface area contributed by atoms with Gasteiger partial charge in [0.1, 0.15) is 18.1 Å². The minimum atomic E-state index is 0.190. The first-order valence-electron chi connectivity index (χ1n) is 7.65. The largest absolute Gasteiger partial charge is 0.497 e. The monoisotopic (exact) mass is 294 g/mol. The Morgan fingerprint density at radius 1 is 1.24 bits per heavy atom. The zero-order valence-electron chi connectivity index (χ0n) is 12.8. The topological polar surface area (TPSA) is 54.0 Å². The predicted molar refractivity (Wildman–Crippen MR) is 83.0 cm³/mol. The van der Waals surface area contributed by atoms with Crippen LogP contribution in [0, 0.1) is 0 Å². The van der Waals surface area contributed by atoms with Gasteiger partial charge in [-0.05, 0) is 43.7 Å². The molecule has 2 rings (SSSR count). The van der Waals surface area contributed by atoms with Crippen molar-refractivity contribution in [1.29, 1.82) is 0 Å². The molecule has 2 N–H and O–H groups in total. The van der Waals surface area contributed by atoms with E-state index in [9.17, 15) is 0 Å². The summed E-state index contributed by atoms with van der Waals surface area (Å²) < 4.78 is 10.9. The van der Waals surface area contributed by atoms with Gasteiger partial charge in [-0.1, -0.05) is 0 Å². The van der Waals surface area contributed by atoms with Crippen LogP contribution in [0.5, 0.6) is 11.5 Å². The maximum absolute atomic E-state index is 9.17. The van der Waals surface area contributed by atoms with Crippen LogP contribution in [-0.2, 0) is 0 Å². The Labute approximate surface area is 126 Å². The molecule has 0 spiro atoms. The van der Waals surface area contributed by atoms with Gasteiger partial charge in [-0.15, -0.1) is 0 Å². The standard InChI is InChI=1S/C16H26N2O3/c1-20-15-4-6-16(7-5-15)21-12-10-18(9-11-19)13-14-3-2-8-17-14/h4-7,14,17,19H,2-3,8-13H2,1H3. The number of nitrogens with zero attached hydrogens (tertiary/aromatic N) is 1. The lowest BCUT2D eigenvalue weighted by atomic mass is 10.2. The number of methoxy groups -OCH3 is 1. The summed E-state index contributed by atoms with van der Waals surface area (Å²) in [5, 5.41) is 12.7. The van der Waals surface area contributed by atoms with E-state index in [1.54, 1.807) is 7.11 Å². The van der Waals surface area contributed by atoms with E-state index in [1.807, 2.05) is 24.3 Å². The van der Waals surface area contributed by atoms with Crippen LogP contribution in [0.1, 0.15) is 12.8 Å². The van der Waals surface area contributed by atoms with E-state index in [0.29, 0.717) is 19.2 Å². The molecule has 1 fully saturated rings. The maximum Gasteiger partial charge on any atom is 0.119 e. The molecular weight excluding hydrogens is 268 g/mol. The molecule has 1 unspecified atom stereocenters. The first-order chi connectivity index (χ1) is 10.3. The van der Waals surface area contributed by atoms with Gasteiger partial charge in [0.2, 0.25) is 0 Å². The van der Waals surface area contributed by atoms with Gasteiger partial charge in [0.05, 0.1) is 13.7 Å². The van der Waals surface area contributed by atoms with Crippen molar-refractivity contribution in [2.45, 2.75) is 18.9 Å². The number of aliphatic hydroxyl groups is 1. The zero-order valence-corrected chi connectivity index (χ0v) is 12.8. The molecular formula is C16H26N2O3. The molecule has 1 heterocycles. The maximum atomic E-state index is 9.17. The first kappa shape index (κ1) is 16.1. The van der Waals surface area contributed by atoms with Crippen molar-refractivity contribution in [3.8, 4) is 11.5 Å². The average Bonchev–Trinajstić information content (AvgIpc) is 3.01. The van der Waals surface area contributed by atoms with Gasteiger partial charge in [0.25, 0.3) is 0 Å². The lowest BCUT2D eigenvalue weighted by Crippen LogP contribution is -2.40. The smallest absolute Gasteiger partial charge is 0.119 e. The lowest BCUT2D eigenvalue weighted by molar-refractivity contribution is 0.159. The third-order valence-electron chi connectivity index (χ3n) is 3.79. The summed E-state index contributed by atoms with van der Waals surface area (Å²) in [5.41, 5.74) is 0. The molecule has 0 saturated carbocycles. The number of rotatable bonds is 9. The second-order valence-electron chi connectivity index (χ2n) is 5.34. The van der Waals surface area contributed by atoms with Crippen LogP contribution in [0.15, 0.2) is 24.3 Å². The van der Waals surface area contributed by atoms with E-state index >= 15 is 0 Å². The fraction of sp³-hybridized carbons (Fsp3) is 0.625. The van der Waals surface area contributed by atoms with Crippen LogP contribution in [-0.4, -0.2) is 62.6 Å². The molecule has 118 valence electrons. The van der Waals surface area contributed by atoms with Gasteiger partial charge in [0.15, 0.2) is 0 Å². The van der Waals surface area contributed by atoms with Gasteiger partial charge in [0, 0.05) is 25.7 Å². The quantitative estimate of drug-likeness (QED) is 0.715. The molecule has 21 heavy (non-hydrogen) atoms. The molecule has 0 amide bonds. The highest BCUT2D eigenvalue weighted by Crippen LogP contribution is 2.17. The summed E-state index contributed by atoms with van der Waals surface area (Å²) in [6, 6.07) is 8.16. The van der Waals surface area contributed by atoms with Crippen molar-refractivity contribution in [3.63, 3.8) is 0 Å². The van der Waals surface area contributed by atoms with E-state index in [-0.39, 0.29) is 6.61 Å². The first-order valence-corrected chi connectivity index (χ1v) is 7.65. The minimum Gasteiger partial charge on any atom is -0.497 e. The van der Waals surface area contributed by atoms with E-state index in [4.69, 9.17) is 14.6 Å². The van der Waals surface area contributed by atoms with Gasteiger partial charge in [-0.25, -0.2) is 0 Å². The Bertz CT molecular complexity index is 391. The summed E-state index contributed by atoms with van der Waals surface area (Å²) in [4.78, 5) is 2.26. The molecule has 1 aliphatic rings. The Kier molecular flexibility index (Phi) is 6.79. The molecule has 5 heteroatoms. The molecule has 0 aliphatic carbocycles. The van der Waals surface area contributed by atoms with Crippen molar-refractivity contribution < 1.29 is 14.6 Å². The van der Waals surface area contributed by atoms with E-state index in [1.165, 1.54) is 12.8 Å². The molecule has 0 bridgehead atoms. The van der Waals surface area contributed by atoms with Crippen molar-refractivity contribution in [2.75, 3.05) is 46.5 Å². The van der Waals surface area contributed by atoms with Crippen molar-refractivity contribution in [3.05, 3.63) is 24.3 Å². The van der Waals surface area contributed by atoms with Crippen molar-refractivity contribution in [1.82, 2.24) is 10.2 Å². The fourth-order valence-electron chi connectivity index (χ4n) is 2.62. The Hall–Kier alpha value is -1.30. The molecule has 5 nitrogen and oxygen atoms in total. The van der Waals surface area contributed by atoms with Gasteiger partial charge >= 0.3 is 0 Å². The summed E-state index contributed by atoms with van der Waals surface area (Å²) >= 11 is 0. The van der Waals surface area contributed by atoms with Crippen LogP contribution in [0.4, 0.5) is 0 Å². The van der Waals surface area contributed by atoms with Gasteiger partial charge in [-0.3, -0.25) is 4.90 Å². The van der Waals surface area contributed by atoms with Crippen LogP contribution < -0.4 is 14.8 Å². The molecule has 1 aromatic rings. The second kappa shape index (κ2) is 8.87. The van der Waals surface area contributed by atoms with E-state index in [2.05, 4.69) is 10.2 Å². The molecule has 1 aliphatic heterocycles. The van der Waals surface area contributed by atoms with Crippen LogP contribution in [0.25, 0.3) is 0 Å². The highest BCUT2D eigenvalue weighted by molar-refractivity contribution is 5.31. The predicted octanol–water partition coefficient (Wildman–Crippen LogP) is 1.12. The number of nitrogens with one attached hydrogen (secondary N) is 1. The van der Waals surface area contributed by atoms with Crippen LogP contribution in [0.2, 0.25) is 0 Å². The number of ether oxygens (including phenoxy) is 2. The number of aliphatic hydroxyl groups excluding tert-OH is 1. The van der Waals surface area contributed by atoms with Gasteiger partial charge < -0.3 is 19.9 Å². The summed E-state index contributed by atoms with van der Waals surface area (Å²) in [5.74, 6) is 1.68. The van der Waals surface area contributed by atoms with Crippen molar-refractivity contribution in [2.24, 2.45) is 0 Å². The third kappa shape index (κ3) is 5.53. The number of hydrogen-bond acceptors (Lipinski definition) is 5. The Morgan fingerprint density at radius 3 is 2.62 bits per heavy atom. The van der Waals surface area contributed by atoms with Crippen LogP contribution >= 0.6 is 0 Å². The third-order valence-corrected chi connectivity index (χ3v) is 3.79. The van der Waals surface area contributed by atoms with E-state index in [0.717, 1.165) is 31.1 Å². The Morgan fingerprint density at radius 2 is 2.00 bits per heavy atom. The summed E-state index contributed by atoms with van der Waals surface area (Å²) in [7, 11) is 1.65. The summed E-state index contributed by atoms with van der Waals surface area (Å²) in [6.45, 7) is 4.43. The minimum absolute atomic E-state index is 0.190. The number of benzene rings is 1. The van der Waals surface area contributed by atoms with E-state index < -0.39 is 0 Å². The number of hydrogen-bond donors (Lipinski definition) is 2. The second-order valence-corrected chi connectivity index (χ2v) is 5.34. The zero-order chi connectivity index (χ0) is 14.9. The molecule has 1 saturated heterocycles. The van der Waals surface area contributed by atoms with Crippen molar-refractivity contribution >= 4 is 0 Å².